The lowest BCUT2D eigenvalue weighted by Gasteiger charge is -2.29. The van der Waals surface area contributed by atoms with Crippen molar-refractivity contribution in [3.05, 3.63) is 48.5 Å². The third kappa shape index (κ3) is 4.26. The number of para-hydroxylation sites is 1. The zero-order valence-corrected chi connectivity index (χ0v) is 16.1. The lowest BCUT2D eigenvalue weighted by atomic mass is 10.1. The summed E-state index contributed by atoms with van der Waals surface area (Å²) in [6, 6.07) is 15.6. The first-order chi connectivity index (χ1) is 13.7. The van der Waals surface area contributed by atoms with Crippen molar-refractivity contribution in [3.8, 4) is 23.0 Å². The van der Waals surface area contributed by atoms with Crippen LogP contribution in [0.5, 0.6) is 11.5 Å². The SMILES string of the molecule is COc1ccc(Nc2nnc(-c3ccccc3OC3CCN(C)CC3)o2)cc1. The molecule has 0 saturated carbocycles. The number of anilines is 2. The summed E-state index contributed by atoms with van der Waals surface area (Å²) in [5, 5.41) is 11.4. The Morgan fingerprint density at radius 2 is 1.79 bits per heavy atom. The van der Waals surface area contributed by atoms with Gasteiger partial charge in [-0.05, 0) is 56.3 Å². The lowest BCUT2D eigenvalue weighted by Crippen LogP contribution is -2.35. The second-order valence-electron chi connectivity index (χ2n) is 6.88. The van der Waals surface area contributed by atoms with Crippen LogP contribution in [0.25, 0.3) is 11.5 Å². The van der Waals surface area contributed by atoms with E-state index in [1.807, 2.05) is 48.5 Å². The Labute approximate surface area is 164 Å². The summed E-state index contributed by atoms with van der Waals surface area (Å²) < 4.78 is 17.2. The molecular formula is C21H24N4O3. The Hall–Kier alpha value is -3.06. The average Bonchev–Trinajstić information content (AvgIpc) is 3.19. The Bertz CT molecular complexity index is 902. The van der Waals surface area contributed by atoms with Crippen molar-refractivity contribution in [2.75, 3.05) is 32.6 Å². The zero-order valence-electron chi connectivity index (χ0n) is 16.1. The number of rotatable bonds is 6. The molecule has 1 aromatic heterocycles. The number of methoxy groups -OCH3 is 1. The van der Waals surface area contributed by atoms with Gasteiger partial charge in [0.1, 0.15) is 17.6 Å². The maximum Gasteiger partial charge on any atom is 0.320 e. The first-order valence-electron chi connectivity index (χ1n) is 9.40. The predicted molar refractivity (Wildman–Crippen MR) is 107 cm³/mol. The second kappa shape index (κ2) is 8.31. The Morgan fingerprint density at radius 3 is 2.54 bits per heavy atom. The number of aromatic nitrogens is 2. The van der Waals surface area contributed by atoms with E-state index in [2.05, 4.69) is 27.5 Å². The fourth-order valence-electron chi connectivity index (χ4n) is 3.21. The van der Waals surface area contributed by atoms with Crippen LogP contribution in [0.15, 0.2) is 52.9 Å². The van der Waals surface area contributed by atoms with Crippen molar-refractivity contribution in [3.63, 3.8) is 0 Å². The van der Waals surface area contributed by atoms with Crippen LogP contribution in [0.2, 0.25) is 0 Å². The zero-order chi connectivity index (χ0) is 19.3. The Morgan fingerprint density at radius 1 is 1.04 bits per heavy atom. The highest BCUT2D eigenvalue weighted by Gasteiger charge is 2.21. The van der Waals surface area contributed by atoms with Crippen LogP contribution in [0.4, 0.5) is 11.7 Å². The molecule has 1 fully saturated rings. The van der Waals surface area contributed by atoms with E-state index in [-0.39, 0.29) is 6.10 Å². The largest absolute Gasteiger partial charge is 0.497 e. The van der Waals surface area contributed by atoms with Gasteiger partial charge in [0.05, 0.1) is 12.7 Å². The van der Waals surface area contributed by atoms with Gasteiger partial charge in [-0.1, -0.05) is 17.2 Å². The van der Waals surface area contributed by atoms with E-state index in [1.165, 1.54) is 0 Å². The van der Waals surface area contributed by atoms with E-state index in [9.17, 15) is 0 Å². The summed E-state index contributed by atoms with van der Waals surface area (Å²) in [4.78, 5) is 2.32. The van der Waals surface area contributed by atoms with Crippen molar-refractivity contribution < 1.29 is 13.9 Å². The average molecular weight is 380 g/mol. The molecule has 1 saturated heterocycles. The van der Waals surface area contributed by atoms with Crippen LogP contribution in [-0.2, 0) is 0 Å². The number of hydrogen-bond donors (Lipinski definition) is 1. The van der Waals surface area contributed by atoms with Crippen molar-refractivity contribution in [2.45, 2.75) is 18.9 Å². The van der Waals surface area contributed by atoms with Crippen LogP contribution >= 0.6 is 0 Å². The summed E-state index contributed by atoms with van der Waals surface area (Å²) in [6.07, 6.45) is 2.23. The molecule has 146 valence electrons. The van der Waals surface area contributed by atoms with Crippen LogP contribution in [0.1, 0.15) is 12.8 Å². The van der Waals surface area contributed by atoms with E-state index < -0.39 is 0 Å². The maximum atomic E-state index is 6.25. The minimum absolute atomic E-state index is 0.206. The highest BCUT2D eigenvalue weighted by Crippen LogP contribution is 2.32. The number of piperidine rings is 1. The molecule has 28 heavy (non-hydrogen) atoms. The molecule has 0 unspecified atom stereocenters. The molecule has 0 radical (unpaired) electrons. The van der Waals surface area contributed by atoms with Gasteiger partial charge in [0, 0.05) is 18.8 Å². The quantitative estimate of drug-likeness (QED) is 0.694. The molecular weight excluding hydrogens is 356 g/mol. The highest BCUT2D eigenvalue weighted by atomic mass is 16.5. The number of nitrogens with one attached hydrogen (secondary N) is 1. The van der Waals surface area contributed by atoms with Gasteiger partial charge in [0.25, 0.3) is 5.89 Å². The molecule has 2 aromatic carbocycles. The van der Waals surface area contributed by atoms with Gasteiger partial charge >= 0.3 is 6.01 Å². The second-order valence-corrected chi connectivity index (χ2v) is 6.88. The Kier molecular flexibility index (Phi) is 5.43. The smallest absolute Gasteiger partial charge is 0.320 e. The van der Waals surface area contributed by atoms with E-state index in [1.54, 1.807) is 7.11 Å². The maximum absolute atomic E-state index is 6.25. The van der Waals surface area contributed by atoms with Gasteiger partial charge in [0.15, 0.2) is 0 Å². The molecule has 0 amide bonds. The fraction of sp³-hybridized carbons (Fsp3) is 0.333. The number of benzene rings is 2. The van der Waals surface area contributed by atoms with Crippen LogP contribution in [0.3, 0.4) is 0 Å². The molecule has 2 heterocycles. The van der Waals surface area contributed by atoms with Gasteiger partial charge in [0.2, 0.25) is 0 Å². The molecule has 4 rings (SSSR count). The molecule has 7 heteroatoms. The number of hydrogen-bond acceptors (Lipinski definition) is 7. The summed E-state index contributed by atoms with van der Waals surface area (Å²) in [6.45, 7) is 2.09. The molecule has 7 nitrogen and oxygen atoms in total. The molecule has 0 bridgehead atoms. The molecule has 1 aliphatic heterocycles. The first kappa shape index (κ1) is 18.3. The van der Waals surface area contributed by atoms with Crippen molar-refractivity contribution in [1.29, 1.82) is 0 Å². The first-order valence-corrected chi connectivity index (χ1v) is 9.40. The molecule has 0 spiro atoms. The number of ether oxygens (including phenoxy) is 2. The van der Waals surface area contributed by atoms with Crippen molar-refractivity contribution in [1.82, 2.24) is 15.1 Å². The third-order valence-corrected chi connectivity index (χ3v) is 4.84. The third-order valence-electron chi connectivity index (χ3n) is 4.84. The number of likely N-dealkylation sites (tertiary alicyclic amines) is 1. The molecule has 1 N–H and O–H groups in total. The molecule has 3 aromatic rings. The number of nitrogens with zero attached hydrogens (tertiary/aromatic N) is 3. The van der Waals surface area contributed by atoms with E-state index in [4.69, 9.17) is 13.9 Å². The van der Waals surface area contributed by atoms with Crippen LogP contribution in [-0.4, -0.2) is 48.4 Å². The summed E-state index contributed by atoms with van der Waals surface area (Å²) >= 11 is 0. The van der Waals surface area contributed by atoms with E-state index in [0.717, 1.165) is 48.7 Å². The lowest BCUT2D eigenvalue weighted by molar-refractivity contribution is 0.114. The Balaban J connectivity index is 1.48. The minimum Gasteiger partial charge on any atom is -0.497 e. The van der Waals surface area contributed by atoms with Crippen LogP contribution in [0, 0.1) is 0 Å². The van der Waals surface area contributed by atoms with Gasteiger partial charge in [-0.2, -0.15) is 0 Å². The van der Waals surface area contributed by atoms with E-state index in [0.29, 0.717) is 11.9 Å². The van der Waals surface area contributed by atoms with Crippen molar-refractivity contribution >= 4 is 11.7 Å². The topological polar surface area (TPSA) is 72.7 Å². The highest BCUT2D eigenvalue weighted by molar-refractivity contribution is 5.63. The molecule has 0 aliphatic carbocycles. The molecule has 1 aliphatic rings. The van der Waals surface area contributed by atoms with Crippen molar-refractivity contribution in [2.24, 2.45) is 0 Å². The molecule has 0 atom stereocenters. The van der Waals surface area contributed by atoms with Gasteiger partial charge in [-0.15, -0.1) is 5.10 Å². The van der Waals surface area contributed by atoms with E-state index >= 15 is 0 Å². The van der Waals surface area contributed by atoms with Crippen LogP contribution < -0.4 is 14.8 Å². The minimum atomic E-state index is 0.206. The predicted octanol–water partition coefficient (Wildman–Crippen LogP) is 3.96. The van der Waals surface area contributed by atoms with Gasteiger partial charge < -0.3 is 24.1 Å². The summed E-state index contributed by atoms with van der Waals surface area (Å²) in [5.74, 6) is 1.99. The summed E-state index contributed by atoms with van der Waals surface area (Å²) in [5.41, 5.74) is 1.64. The fourth-order valence-corrected chi connectivity index (χ4v) is 3.21. The van der Waals surface area contributed by atoms with Gasteiger partial charge in [-0.25, -0.2) is 0 Å². The van der Waals surface area contributed by atoms with Gasteiger partial charge in [-0.3, -0.25) is 0 Å². The standard InChI is InChI=1S/C21H24N4O3/c1-25-13-11-17(12-14-25)27-19-6-4-3-5-18(19)20-23-24-21(28-20)22-15-7-9-16(26-2)10-8-15/h3-10,17H,11-14H2,1-2H3,(H,22,24). The normalized spacial score (nSPS) is 15.4. The monoisotopic (exact) mass is 380 g/mol. The summed E-state index contributed by atoms with van der Waals surface area (Å²) in [7, 11) is 3.78.